The lowest BCUT2D eigenvalue weighted by atomic mass is 10.2. The zero-order chi connectivity index (χ0) is 14.6. The van der Waals surface area contributed by atoms with E-state index in [2.05, 4.69) is 0 Å². The zero-order valence-electron chi connectivity index (χ0n) is 12.0. The molecular formula is C12H23N3O4S. The van der Waals surface area contributed by atoms with E-state index in [1.807, 2.05) is 0 Å². The molecule has 2 heterocycles. The maximum atomic E-state index is 12.5. The van der Waals surface area contributed by atoms with Crippen molar-refractivity contribution in [1.29, 1.82) is 0 Å². The highest BCUT2D eigenvalue weighted by molar-refractivity contribution is 7.86. The summed E-state index contributed by atoms with van der Waals surface area (Å²) in [5, 5.41) is 0. The van der Waals surface area contributed by atoms with E-state index in [0.29, 0.717) is 45.9 Å². The largest absolute Gasteiger partial charge is 0.450 e. The average molecular weight is 305 g/mol. The number of piperidine rings is 1. The van der Waals surface area contributed by atoms with Crippen LogP contribution in [0.3, 0.4) is 0 Å². The van der Waals surface area contributed by atoms with Gasteiger partial charge in [-0.1, -0.05) is 6.42 Å². The Morgan fingerprint density at radius 3 is 2.05 bits per heavy atom. The number of carbonyl (C=O) groups is 1. The molecule has 0 bridgehead atoms. The Bertz CT molecular complexity index is 426. The van der Waals surface area contributed by atoms with Gasteiger partial charge in [-0.25, -0.2) is 4.79 Å². The van der Waals surface area contributed by atoms with E-state index in [0.717, 1.165) is 19.3 Å². The van der Waals surface area contributed by atoms with Crippen LogP contribution < -0.4 is 0 Å². The number of carbonyl (C=O) groups excluding carboxylic acids is 1. The summed E-state index contributed by atoms with van der Waals surface area (Å²) >= 11 is 0. The van der Waals surface area contributed by atoms with Gasteiger partial charge in [-0.05, 0) is 19.8 Å². The molecule has 1 amide bonds. The second-order valence-electron chi connectivity index (χ2n) is 5.05. The Morgan fingerprint density at radius 1 is 0.950 bits per heavy atom. The maximum absolute atomic E-state index is 12.5. The van der Waals surface area contributed by atoms with Crippen molar-refractivity contribution in [3.63, 3.8) is 0 Å². The predicted molar refractivity (Wildman–Crippen MR) is 74.5 cm³/mol. The highest BCUT2D eigenvalue weighted by Gasteiger charge is 2.34. The van der Waals surface area contributed by atoms with Crippen LogP contribution in [0, 0.1) is 0 Å². The SMILES string of the molecule is CCOC(=O)N1CCN(S(=O)(=O)N2CCCCC2)CC1. The van der Waals surface area contributed by atoms with Crippen molar-refractivity contribution in [3.8, 4) is 0 Å². The fraction of sp³-hybridized carbons (Fsp3) is 0.917. The fourth-order valence-corrected chi connectivity index (χ4v) is 4.25. The molecule has 2 aliphatic rings. The first kappa shape index (κ1) is 15.5. The van der Waals surface area contributed by atoms with Crippen molar-refractivity contribution in [2.75, 3.05) is 45.9 Å². The van der Waals surface area contributed by atoms with Gasteiger partial charge in [0, 0.05) is 39.3 Å². The standard InChI is InChI=1S/C12H23N3O4S/c1-2-19-12(16)13-8-10-15(11-9-13)20(17,18)14-6-4-3-5-7-14/h2-11H2,1H3. The van der Waals surface area contributed by atoms with E-state index < -0.39 is 10.2 Å². The molecule has 8 heteroatoms. The average Bonchev–Trinajstić information content (AvgIpc) is 2.48. The summed E-state index contributed by atoms with van der Waals surface area (Å²) in [5.41, 5.74) is 0. The summed E-state index contributed by atoms with van der Waals surface area (Å²) in [6.07, 6.45) is 2.61. The first-order valence-electron chi connectivity index (χ1n) is 7.22. The van der Waals surface area contributed by atoms with Gasteiger partial charge in [-0.15, -0.1) is 0 Å². The molecular weight excluding hydrogens is 282 g/mol. The minimum Gasteiger partial charge on any atom is -0.450 e. The van der Waals surface area contributed by atoms with Crippen LogP contribution in [-0.2, 0) is 14.9 Å². The van der Waals surface area contributed by atoms with Crippen LogP contribution in [0.2, 0.25) is 0 Å². The van der Waals surface area contributed by atoms with Crippen molar-refractivity contribution < 1.29 is 17.9 Å². The molecule has 0 atom stereocenters. The maximum Gasteiger partial charge on any atom is 0.409 e. The molecule has 116 valence electrons. The first-order valence-corrected chi connectivity index (χ1v) is 8.62. The van der Waals surface area contributed by atoms with Gasteiger partial charge in [0.2, 0.25) is 0 Å². The highest BCUT2D eigenvalue weighted by Crippen LogP contribution is 2.18. The third-order valence-electron chi connectivity index (χ3n) is 3.73. The Morgan fingerprint density at radius 2 is 1.50 bits per heavy atom. The van der Waals surface area contributed by atoms with E-state index >= 15 is 0 Å². The number of piperazine rings is 1. The predicted octanol–water partition coefficient (Wildman–Crippen LogP) is 0.491. The van der Waals surface area contributed by atoms with E-state index in [1.165, 1.54) is 4.31 Å². The molecule has 0 spiro atoms. The van der Waals surface area contributed by atoms with Gasteiger partial charge in [0.25, 0.3) is 10.2 Å². The van der Waals surface area contributed by atoms with E-state index in [-0.39, 0.29) is 6.09 Å². The Balaban J connectivity index is 1.90. The van der Waals surface area contributed by atoms with Crippen LogP contribution >= 0.6 is 0 Å². The quantitative estimate of drug-likeness (QED) is 0.761. The fourth-order valence-electron chi connectivity index (χ4n) is 2.58. The molecule has 0 aliphatic carbocycles. The number of hydrogen-bond donors (Lipinski definition) is 0. The minimum absolute atomic E-state index is 0.338. The second kappa shape index (κ2) is 6.73. The van der Waals surface area contributed by atoms with Crippen LogP contribution in [0.15, 0.2) is 0 Å². The molecule has 7 nitrogen and oxygen atoms in total. The molecule has 0 unspecified atom stereocenters. The van der Waals surface area contributed by atoms with Crippen LogP contribution in [0.25, 0.3) is 0 Å². The Labute approximate surface area is 120 Å². The van der Waals surface area contributed by atoms with Gasteiger partial charge >= 0.3 is 6.09 Å². The molecule has 0 saturated carbocycles. The molecule has 2 saturated heterocycles. The van der Waals surface area contributed by atoms with Gasteiger partial charge < -0.3 is 9.64 Å². The van der Waals surface area contributed by atoms with Gasteiger partial charge in [-0.2, -0.15) is 17.0 Å². The van der Waals surface area contributed by atoms with Crippen molar-refractivity contribution in [1.82, 2.24) is 13.5 Å². The van der Waals surface area contributed by atoms with Crippen LogP contribution in [0.4, 0.5) is 4.79 Å². The number of ether oxygens (including phenoxy) is 1. The number of nitrogens with zero attached hydrogens (tertiary/aromatic N) is 3. The number of hydrogen-bond acceptors (Lipinski definition) is 4. The topological polar surface area (TPSA) is 70.2 Å². The van der Waals surface area contributed by atoms with Crippen molar-refractivity contribution in [2.24, 2.45) is 0 Å². The summed E-state index contributed by atoms with van der Waals surface area (Å²) in [6, 6.07) is 0. The Kier molecular flexibility index (Phi) is 5.22. The van der Waals surface area contributed by atoms with Gasteiger partial charge in [0.15, 0.2) is 0 Å². The summed E-state index contributed by atoms with van der Waals surface area (Å²) < 4.78 is 32.9. The molecule has 20 heavy (non-hydrogen) atoms. The smallest absolute Gasteiger partial charge is 0.409 e. The second-order valence-corrected chi connectivity index (χ2v) is 6.98. The number of amides is 1. The molecule has 0 aromatic carbocycles. The van der Waals surface area contributed by atoms with Crippen molar-refractivity contribution in [2.45, 2.75) is 26.2 Å². The lowest BCUT2D eigenvalue weighted by molar-refractivity contribution is 0.0922. The molecule has 2 aliphatic heterocycles. The molecule has 2 rings (SSSR count). The Hall–Kier alpha value is -0.860. The van der Waals surface area contributed by atoms with Gasteiger partial charge in [0.05, 0.1) is 6.61 Å². The van der Waals surface area contributed by atoms with Crippen LogP contribution in [-0.4, -0.2) is 73.9 Å². The molecule has 0 N–H and O–H groups in total. The van der Waals surface area contributed by atoms with Crippen LogP contribution in [0.5, 0.6) is 0 Å². The van der Waals surface area contributed by atoms with Crippen molar-refractivity contribution >= 4 is 16.3 Å². The normalized spacial score (nSPS) is 22.8. The first-order chi connectivity index (χ1) is 9.55. The van der Waals surface area contributed by atoms with E-state index in [9.17, 15) is 13.2 Å². The van der Waals surface area contributed by atoms with Crippen molar-refractivity contribution in [3.05, 3.63) is 0 Å². The monoisotopic (exact) mass is 305 g/mol. The minimum atomic E-state index is -3.36. The summed E-state index contributed by atoms with van der Waals surface area (Å²) in [6.45, 7) is 4.80. The van der Waals surface area contributed by atoms with E-state index in [4.69, 9.17) is 4.74 Å². The summed E-state index contributed by atoms with van der Waals surface area (Å²) in [4.78, 5) is 13.1. The third kappa shape index (κ3) is 3.42. The third-order valence-corrected chi connectivity index (χ3v) is 5.77. The summed E-state index contributed by atoms with van der Waals surface area (Å²) in [5.74, 6) is 0. The van der Waals surface area contributed by atoms with E-state index in [1.54, 1.807) is 16.1 Å². The molecule has 0 aromatic rings. The van der Waals surface area contributed by atoms with Gasteiger partial charge in [-0.3, -0.25) is 0 Å². The lowest BCUT2D eigenvalue weighted by Crippen LogP contribution is -2.54. The molecule has 0 radical (unpaired) electrons. The van der Waals surface area contributed by atoms with Crippen LogP contribution in [0.1, 0.15) is 26.2 Å². The summed E-state index contributed by atoms with van der Waals surface area (Å²) in [7, 11) is -3.36. The molecule has 2 fully saturated rings. The zero-order valence-corrected chi connectivity index (χ0v) is 12.8. The highest BCUT2D eigenvalue weighted by atomic mass is 32.2. The molecule has 0 aromatic heterocycles. The lowest BCUT2D eigenvalue weighted by Gasteiger charge is -2.37. The van der Waals surface area contributed by atoms with Gasteiger partial charge in [0.1, 0.15) is 0 Å². The number of rotatable bonds is 3.